The van der Waals surface area contributed by atoms with Gasteiger partial charge in [0.25, 0.3) is 5.56 Å². The molecule has 0 fully saturated rings. The Morgan fingerprint density at radius 3 is 2.83 bits per heavy atom. The Balaban J connectivity index is 1.60. The number of para-hydroxylation sites is 1. The van der Waals surface area contributed by atoms with Crippen molar-refractivity contribution in [2.75, 3.05) is 6.61 Å². The molecule has 4 rings (SSSR count). The zero-order valence-electron chi connectivity index (χ0n) is 15.3. The molecule has 148 valence electrons. The number of aliphatic hydroxyl groups excluding tert-OH is 1. The summed E-state index contributed by atoms with van der Waals surface area (Å²) in [6.45, 7) is 0.378. The van der Waals surface area contributed by atoms with Crippen LogP contribution in [0.4, 0.5) is 0 Å². The van der Waals surface area contributed by atoms with Crippen molar-refractivity contribution in [2.24, 2.45) is 0 Å². The maximum absolute atomic E-state index is 12.9. The van der Waals surface area contributed by atoms with Gasteiger partial charge < -0.3 is 9.63 Å². The number of hydrogen-bond acceptors (Lipinski definition) is 7. The van der Waals surface area contributed by atoms with Crippen LogP contribution in [0.3, 0.4) is 0 Å². The summed E-state index contributed by atoms with van der Waals surface area (Å²) >= 11 is 7.35. The molecule has 0 aliphatic heterocycles. The lowest BCUT2D eigenvalue weighted by Crippen LogP contribution is -2.24. The highest BCUT2D eigenvalue weighted by Crippen LogP contribution is 2.24. The first-order valence-corrected chi connectivity index (χ1v) is 10.3. The largest absolute Gasteiger partial charge is 0.396 e. The van der Waals surface area contributed by atoms with Crippen molar-refractivity contribution < 1.29 is 9.63 Å². The van der Waals surface area contributed by atoms with Crippen molar-refractivity contribution in [3.8, 4) is 11.4 Å². The van der Waals surface area contributed by atoms with E-state index in [4.69, 9.17) is 16.1 Å². The fourth-order valence-corrected chi connectivity index (χ4v) is 3.92. The summed E-state index contributed by atoms with van der Waals surface area (Å²) < 4.78 is 6.92. The minimum Gasteiger partial charge on any atom is -0.396 e. The van der Waals surface area contributed by atoms with Gasteiger partial charge in [0, 0.05) is 23.7 Å². The number of thioether (sulfide) groups is 1. The van der Waals surface area contributed by atoms with E-state index in [1.165, 1.54) is 11.8 Å². The summed E-state index contributed by atoms with van der Waals surface area (Å²) in [7, 11) is 0. The summed E-state index contributed by atoms with van der Waals surface area (Å²) in [5.74, 6) is 1.23. The number of rotatable bonds is 7. The predicted molar refractivity (Wildman–Crippen MR) is 112 cm³/mol. The molecule has 1 N–H and O–H groups in total. The molecule has 29 heavy (non-hydrogen) atoms. The SMILES string of the molecule is O=c1c2ccccc2nc(SCc2nc(-c3cccc(Cl)c3)no2)n1CCCO. The molecule has 9 heteroatoms. The zero-order valence-corrected chi connectivity index (χ0v) is 16.9. The topological polar surface area (TPSA) is 94.0 Å². The summed E-state index contributed by atoms with van der Waals surface area (Å²) in [5.41, 5.74) is 1.27. The normalized spacial score (nSPS) is 11.2. The number of benzene rings is 2. The quantitative estimate of drug-likeness (QED) is 0.353. The molecule has 0 saturated carbocycles. The van der Waals surface area contributed by atoms with E-state index in [1.807, 2.05) is 24.3 Å². The number of nitrogens with zero attached hydrogens (tertiary/aromatic N) is 4. The molecule has 4 aromatic rings. The number of aliphatic hydroxyl groups is 1. The van der Waals surface area contributed by atoms with E-state index in [0.717, 1.165) is 5.56 Å². The maximum Gasteiger partial charge on any atom is 0.262 e. The van der Waals surface area contributed by atoms with Gasteiger partial charge in [0.1, 0.15) is 0 Å². The van der Waals surface area contributed by atoms with Crippen molar-refractivity contribution in [3.05, 3.63) is 69.8 Å². The van der Waals surface area contributed by atoms with Crippen molar-refractivity contribution in [2.45, 2.75) is 23.9 Å². The van der Waals surface area contributed by atoms with Gasteiger partial charge in [0.2, 0.25) is 11.7 Å². The maximum atomic E-state index is 12.9. The lowest BCUT2D eigenvalue weighted by molar-refractivity contribution is 0.276. The van der Waals surface area contributed by atoms with E-state index in [0.29, 0.717) is 51.5 Å². The highest BCUT2D eigenvalue weighted by atomic mass is 35.5. The van der Waals surface area contributed by atoms with E-state index < -0.39 is 0 Å². The van der Waals surface area contributed by atoms with E-state index >= 15 is 0 Å². The van der Waals surface area contributed by atoms with Crippen molar-refractivity contribution in [3.63, 3.8) is 0 Å². The molecule has 0 amide bonds. The summed E-state index contributed by atoms with van der Waals surface area (Å²) in [4.78, 5) is 21.9. The molecule has 2 aromatic carbocycles. The van der Waals surface area contributed by atoms with Gasteiger partial charge in [0.05, 0.1) is 16.7 Å². The van der Waals surface area contributed by atoms with Gasteiger partial charge in [-0.2, -0.15) is 4.98 Å². The number of aromatic nitrogens is 4. The smallest absolute Gasteiger partial charge is 0.262 e. The third-order valence-corrected chi connectivity index (χ3v) is 5.44. The van der Waals surface area contributed by atoms with Crippen LogP contribution < -0.4 is 5.56 Å². The Bertz CT molecular complexity index is 1210. The zero-order chi connectivity index (χ0) is 20.2. The molecule has 0 aliphatic rings. The van der Waals surface area contributed by atoms with Gasteiger partial charge in [-0.25, -0.2) is 4.98 Å². The van der Waals surface area contributed by atoms with Gasteiger partial charge in [-0.15, -0.1) is 0 Å². The fraction of sp³-hybridized carbons (Fsp3) is 0.200. The highest BCUT2D eigenvalue weighted by molar-refractivity contribution is 7.98. The first kappa shape index (κ1) is 19.6. The second kappa shape index (κ2) is 8.77. The molecule has 0 spiro atoms. The van der Waals surface area contributed by atoms with Crippen LogP contribution in [0.5, 0.6) is 0 Å². The van der Waals surface area contributed by atoms with Crippen LogP contribution in [-0.2, 0) is 12.3 Å². The van der Waals surface area contributed by atoms with Crippen LogP contribution in [0.2, 0.25) is 5.02 Å². The summed E-state index contributed by atoms with van der Waals surface area (Å²) in [6.07, 6.45) is 0.465. The van der Waals surface area contributed by atoms with Gasteiger partial charge >= 0.3 is 0 Å². The lowest BCUT2D eigenvalue weighted by atomic mass is 10.2. The molecule has 0 radical (unpaired) electrons. The van der Waals surface area contributed by atoms with Gasteiger partial charge in [-0.1, -0.05) is 52.8 Å². The second-order valence-electron chi connectivity index (χ2n) is 6.26. The van der Waals surface area contributed by atoms with Crippen molar-refractivity contribution >= 4 is 34.3 Å². The summed E-state index contributed by atoms with van der Waals surface area (Å²) in [5, 5.41) is 14.9. The summed E-state index contributed by atoms with van der Waals surface area (Å²) in [6, 6.07) is 14.4. The minimum atomic E-state index is -0.128. The van der Waals surface area contributed by atoms with Gasteiger partial charge in [-0.3, -0.25) is 9.36 Å². The minimum absolute atomic E-state index is 0.00394. The second-order valence-corrected chi connectivity index (χ2v) is 7.64. The monoisotopic (exact) mass is 428 g/mol. The number of halogens is 1. The highest BCUT2D eigenvalue weighted by Gasteiger charge is 2.14. The average Bonchev–Trinajstić information content (AvgIpc) is 3.21. The first-order valence-electron chi connectivity index (χ1n) is 8.97. The Morgan fingerprint density at radius 2 is 2.00 bits per heavy atom. The van der Waals surface area contributed by atoms with E-state index in [-0.39, 0.29) is 12.2 Å². The molecule has 0 aliphatic carbocycles. The van der Waals surface area contributed by atoms with Crippen LogP contribution >= 0.6 is 23.4 Å². The van der Waals surface area contributed by atoms with Crippen LogP contribution in [0, 0.1) is 0 Å². The molecule has 2 heterocycles. The molecular weight excluding hydrogens is 412 g/mol. The predicted octanol–water partition coefficient (Wildman–Crippen LogP) is 3.77. The lowest BCUT2D eigenvalue weighted by Gasteiger charge is -2.11. The van der Waals surface area contributed by atoms with Crippen molar-refractivity contribution in [1.82, 2.24) is 19.7 Å². The van der Waals surface area contributed by atoms with Crippen LogP contribution in [0.15, 0.2) is 63.0 Å². The molecule has 0 saturated heterocycles. The van der Waals surface area contributed by atoms with Crippen LogP contribution in [0.1, 0.15) is 12.3 Å². The number of hydrogen-bond donors (Lipinski definition) is 1. The average molecular weight is 429 g/mol. The van der Waals surface area contributed by atoms with E-state index in [2.05, 4.69) is 15.1 Å². The molecular formula is C20H17ClN4O3S. The van der Waals surface area contributed by atoms with Crippen LogP contribution in [-0.4, -0.2) is 31.4 Å². The van der Waals surface area contributed by atoms with Gasteiger partial charge in [-0.05, 0) is 30.7 Å². The molecule has 0 atom stereocenters. The Labute approximate surface area is 175 Å². The number of fused-ring (bicyclic) bond motifs is 1. The Morgan fingerprint density at radius 1 is 1.14 bits per heavy atom. The van der Waals surface area contributed by atoms with Crippen LogP contribution in [0.25, 0.3) is 22.3 Å². The van der Waals surface area contributed by atoms with E-state index in [9.17, 15) is 9.90 Å². The molecule has 2 aromatic heterocycles. The fourth-order valence-electron chi connectivity index (χ4n) is 2.87. The Kier molecular flexibility index (Phi) is 5.94. The molecule has 0 bridgehead atoms. The van der Waals surface area contributed by atoms with Gasteiger partial charge in [0.15, 0.2) is 5.16 Å². The van der Waals surface area contributed by atoms with E-state index in [1.54, 1.807) is 28.8 Å². The van der Waals surface area contributed by atoms with Crippen molar-refractivity contribution in [1.29, 1.82) is 0 Å². The molecule has 7 nitrogen and oxygen atoms in total. The Hall–Kier alpha value is -2.68. The first-order chi connectivity index (χ1) is 14.2. The standard InChI is InChI=1S/C20H17ClN4O3S/c21-14-6-3-5-13(11-14)18-23-17(28-24-18)12-29-20-22-16-8-2-1-7-15(16)19(27)25(20)9-4-10-26/h1-3,5-8,11,26H,4,9-10,12H2. The third-order valence-electron chi connectivity index (χ3n) is 4.24. The molecule has 0 unspecified atom stereocenters. The third kappa shape index (κ3) is 4.34.